The predicted molar refractivity (Wildman–Crippen MR) is 56.1 cm³/mol. The number of carbonyl (C=O) groups is 1. The number of ether oxygens (including phenoxy) is 1. The zero-order valence-electron chi connectivity index (χ0n) is 7.87. The summed E-state index contributed by atoms with van der Waals surface area (Å²) in [5, 5.41) is -0.516. The summed E-state index contributed by atoms with van der Waals surface area (Å²) in [6.45, 7) is 0. The second-order valence-electron chi connectivity index (χ2n) is 2.78. The highest BCUT2D eigenvalue weighted by molar-refractivity contribution is 6.66. The lowest BCUT2D eigenvalue weighted by Gasteiger charge is -2.04. The number of rotatable bonds is 4. The average molecular weight is 211 g/mol. The van der Waals surface area contributed by atoms with E-state index in [-0.39, 0.29) is 0 Å². The van der Waals surface area contributed by atoms with Crippen molar-refractivity contribution in [2.24, 2.45) is 0 Å². The minimum absolute atomic E-state index is 0.516. The maximum atomic E-state index is 10.6. The number of halogens is 1. The van der Waals surface area contributed by atoms with Gasteiger partial charge in [-0.2, -0.15) is 0 Å². The quantitative estimate of drug-likeness (QED) is 0.434. The Labute approximate surface area is 88.1 Å². The van der Waals surface area contributed by atoms with Gasteiger partial charge < -0.3 is 4.74 Å². The fourth-order valence-corrected chi connectivity index (χ4v) is 1.23. The molecule has 74 valence electrons. The van der Waals surface area contributed by atoms with Gasteiger partial charge in [-0.15, -0.1) is 0 Å². The predicted octanol–water partition coefficient (Wildman–Crippen LogP) is 2.52. The first-order valence-corrected chi connectivity index (χ1v) is 4.58. The first kappa shape index (κ1) is 10.8. The largest absolute Gasteiger partial charge is 0.501 e. The third-order valence-corrected chi connectivity index (χ3v) is 1.87. The Kier molecular flexibility index (Phi) is 4.20. The van der Waals surface area contributed by atoms with Crippen LogP contribution in [-0.4, -0.2) is 12.4 Å². The molecule has 0 saturated carbocycles. The molecule has 0 aliphatic heterocycles. The van der Waals surface area contributed by atoms with Gasteiger partial charge >= 0.3 is 0 Å². The second kappa shape index (κ2) is 5.45. The molecule has 0 bridgehead atoms. The number of benzene rings is 1. The molecule has 0 spiro atoms. The molecule has 0 N–H and O–H groups in total. The molecular weight excluding hydrogens is 200 g/mol. The molecule has 0 saturated heterocycles. The molecule has 0 fully saturated rings. The minimum atomic E-state index is -0.516. The Morgan fingerprint density at radius 1 is 1.43 bits per heavy atom. The van der Waals surface area contributed by atoms with Gasteiger partial charge in [-0.3, -0.25) is 4.79 Å². The van der Waals surface area contributed by atoms with E-state index in [0.717, 1.165) is 5.56 Å². The minimum Gasteiger partial charge on any atom is -0.501 e. The van der Waals surface area contributed by atoms with Crippen LogP contribution in [0.3, 0.4) is 0 Å². The molecule has 0 amide bonds. The van der Waals surface area contributed by atoms with E-state index in [9.17, 15) is 4.79 Å². The van der Waals surface area contributed by atoms with Crippen LogP contribution in [0, 0.1) is 0 Å². The first-order chi connectivity index (χ1) is 6.72. The van der Waals surface area contributed by atoms with Crippen LogP contribution < -0.4 is 0 Å². The highest BCUT2D eigenvalue weighted by atomic mass is 35.5. The molecule has 0 unspecified atom stereocenters. The van der Waals surface area contributed by atoms with Crippen molar-refractivity contribution in [3.63, 3.8) is 0 Å². The van der Waals surface area contributed by atoms with E-state index in [1.165, 1.54) is 13.2 Å². The van der Waals surface area contributed by atoms with E-state index >= 15 is 0 Å². The fraction of sp³-hybridized carbons (Fsp3) is 0.182. The zero-order valence-corrected chi connectivity index (χ0v) is 8.62. The molecule has 1 aromatic rings. The van der Waals surface area contributed by atoms with Crippen molar-refractivity contribution in [3.8, 4) is 0 Å². The molecule has 14 heavy (non-hydrogen) atoms. The standard InChI is InChI=1S/C11H11ClO2/c1-14-10(8-11(12)13)7-9-5-3-2-4-6-9/h2-6,8H,7H2,1H3/b10-8-. The van der Waals surface area contributed by atoms with Gasteiger partial charge in [0.15, 0.2) is 0 Å². The van der Waals surface area contributed by atoms with Crippen LogP contribution in [0.5, 0.6) is 0 Å². The summed E-state index contributed by atoms with van der Waals surface area (Å²) in [6.07, 6.45) is 1.87. The van der Waals surface area contributed by atoms with Crippen molar-refractivity contribution in [1.29, 1.82) is 0 Å². The van der Waals surface area contributed by atoms with E-state index in [1.54, 1.807) is 0 Å². The number of hydrogen-bond donors (Lipinski definition) is 0. The van der Waals surface area contributed by atoms with E-state index in [1.807, 2.05) is 30.3 Å². The molecule has 0 atom stereocenters. The average Bonchev–Trinajstić information content (AvgIpc) is 2.17. The summed E-state index contributed by atoms with van der Waals surface area (Å²) in [6, 6.07) is 9.74. The smallest absolute Gasteiger partial charge is 0.248 e. The third kappa shape index (κ3) is 3.62. The number of allylic oxidation sites excluding steroid dienone is 2. The normalized spacial score (nSPS) is 11.1. The molecule has 3 heteroatoms. The van der Waals surface area contributed by atoms with Crippen molar-refractivity contribution in [1.82, 2.24) is 0 Å². The van der Waals surface area contributed by atoms with Gasteiger partial charge in [0.25, 0.3) is 0 Å². The monoisotopic (exact) mass is 210 g/mol. The molecule has 0 aromatic heterocycles. The summed E-state index contributed by atoms with van der Waals surface area (Å²) in [4.78, 5) is 10.6. The van der Waals surface area contributed by atoms with Crippen molar-refractivity contribution in [3.05, 3.63) is 47.7 Å². The van der Waals surface area contributed by atoms with Gasteiger partial charge in [0, 0.05) is 12.5 Å². The Morgan fingerprint density at radius 2 is 2.07 bits per heavy atom. The van der Waals surface area contributed by atoms with Crippen molar-refractivity contribution < 1.29 is 9.53 Å². The summed E-state index contributed by atoms with van der Waals surface area (Å²) >= 11 is 5.22. The maximum Gasteiger partial charge on any atom is 0.248 e. The van der Waals surface area contributed by atoms with Gasteiger partial charge in [0.05, 0.1) is 7.11 Å². The molecule has 2 nitrogen and oxygen atoms in total. The Bertz CT molecular complexity index is 330. The molecule has 1 aromatic carbocycles. The molecule has 0 heterocycles. The third-order valence-electron chi connectivity index (χ3n) is 1.76. The second-order valence-corrected chi connectivity index (χ2v) is 3.15. The van der Waals surface area contributed by atoms with E-state index in [2.05, 4.69) is 0 Å². The number of hydrogen-bond acceptors (Lipinski definition) is 2. The number of methoxy groups -OCH3 is 1. The van der Waals surface area contributed by atoms with Crippen molar-refractivity contribution in [2.75, 3.05) is 7.11 Å². The molecule has 0 aliphatic carbocycles. The summed E-state index contributed by atoms with van der Waals surface area (Å²) < 4.78 is 5.02. The highest BCUT2D eigenvalue weighted by Gasteiger charge is 2.00. The first-order valence-electron chi connectivity index (χ1n) is 4.20. The van der Waals surface area contributed by atoms with Gasteiger partial charge in [0.2, 0.25) is 5.24 Å². The summed E-state index contributed by atoms with van der Waals surface area (Å²) in [7, 11) is 1.52. The highest BCUT2D eigenvalue weighted by Crippen LogP contribution is 2.08. The summed E-state index contributed by atoms with van der Waals surface area (Å²) in [5.74, 6) is 0.566. The topological polar surface area (TPSA) is 26.3 Å². The van der Waals surface area contributed by atoms with Crippen LogP contribution in [0.4, 0.5) is 0 Å². The van der Waals surface area contributed by atoms with Gasteiger partial charge in [-0.1, -0.05) is 30.3 Å². The van der Waals surface area contributed by atoms with Crippen LogP contribution in [-0.2, 0) is 16.0 Å². The van der Waals surface area contributed by atoms with Crippen LogP contribution in [0.2, 0.25) is 0 Å². The Morgan fingerprint density at radius 3 is 2.57 bits per heavy atom. The summed E-state index contributed by atoms with van der Waals surface area (Å²) in [5.41, 5.74) is 1.08. The van der Waals surface area contributed by atoms with Crippen molar-refractivity contribution >= 4 is 16.8 Å². The maximum absolute atomic E-state index is 10.6. The Balaban J connectivity index is 2.71. The van der Waals surface area contributed by atoms with E-state index in [0.29, 0.717) is 12.2 Å². The SMILES string of the molecule is CO/C(=C\C(=O)Cl)Cc1ccccc1. The zero-order chi connectivity index (χ0) is 10.4. The van der Waals surface area contributed by atoms with Gasteiger partial charge in [0.1, 0.15) is 5.76 Å². The van der Waals surface area contributed by atoms with Crippen LogP contribution in [0.15, 0.2) is 42.2 Å². The van der Waals surface area contributed by atoms with E-state index in [4.69, 9.17) is 16.3 Å². The molecule has 0 aliphatic rings. The Hall–Kier alpha value is -1.28. The van der Waals surface area contributed by atoms with Crippen LogP contribution >= 0.6 is 11.6 Å². The lowest BCUT2D eigenvalue weighted by atomic mass is 10.1. The lowest BCUT2D eigenvalue weighted by Crippen LogP contribution is -1.95. The van der Waals surface area contributed by atoms with Gasteiger partial charge in [-0.25, -0.2) is 0 Å². The van der Waals surface area contributed by atoms with E-state index < -0.39 is 5.24 Å². The number of carbonyl (C=O) groups excluding carboxylic acids is 1. The molecule has 1 rings (SSSR count). The molecular formula is C11H11ClO2. The van der Waals surface area contributed by atoms with Crippen LogP contribution in [0.25, 0.3) is 0 Å². The lowest BCUT2D eigenvalue weighted by molar-refractivity contribution is -0.107. The molecule has 0 radical (unpaired) electrons. The van der Waals surface area contributed by atoms with Gasteiger partial charge in [-0.05, 0) is 17.2 Å². The van der Waals surface area contributed by atoms with Crippen LogP contribution in [0.1, 0.15) is 5.56 Å². The fourth-order valence-electron chi connectivity index (χ4n) is 1.11. The van der Waals surface area contributed by atoms with Crippen molar-refractivity contribution in [2.45, 2.75) is 6.42 Å².